The maximum atomic E-state index is 13.7. The van der Waals surface area contributed by atoms with Gasteiger partial charge in [0.15, 0.2) is 0 Å². The maximum absolute atomic E-state index is 13.7. The van der Waals surface area contributed by atoms with Crippen LogP contribution in [0.5, 0.6) is 0 Å². The fourth-order valence-electron chi connectivity index (χ4n) is 4.44. The Kier molecular flexibility index (Phi) is 5.86. The van der Waals surface area contributed by atoms with Gasteiger partial charge in [0.05, 0.1) is 23.5 Å². The largest absolute Gasteiger partial charge is 0.338 e. The number of fused-ring (bicyclic) bond motifs is 2. The predicted octanol–water partition coefficient (Wildman–Crippen LogP) is 4.41. The quantitative estimate of drug-likeness (QED) is 0.685. The first-order valence-corrected chi connectivity index (χ1v) is 11.6. The SMILES string of the molecule is CCCCN1C(=O)N(c2cccc(Cl)c2C)C(=O)C2C3=C(CN(C(C)=O)CC3)SC21. The van der Waals surface area contributed by atoms with Crippen LogP contribution in [0, 0.1) is 12.8 Å². The van der Waals surface area contributed by atoms with Crippen LogP contribution in [0.4, 0.5) is 10.5 Å². The van der Waals surface area contributed by atoms with E-state index in [2.05, 4.69) is 6.92 Å². The van der Waals surface area contributed by atoms with E-state index in [9.17, 15) is 14.4 Å². The van der Waals surface area contributed by atoms with Crippen LogP contribution in [0.1, 0.15) is 38.7 Å². The number of anilines is 1. The zero-order valence-corrected chi connectivity index (χ0v) is 19.1. The van der Waals surface area contributed by atoms with Crippen LogP contribution >= 0.6 is 23.4 Å². The second kappa shape index (κ2) is 8.27. The number of carbonyl (C=O) groups is 3. The predicted molar refractivity (Wildman–Crippen MR) is 119 cm³/mol. The summed E-state index contributed by atoms with van der Waals surface area (Å²) in [6, 6.07) is 5.04. The van der Waals surface area contributed by atoms with Crippen molar-refractivity contribution in [3.05, 3.63) is 39.3 Å². The first kappa shape index (κ1) is 21.2. The Bertz CT molecular complexity index is 948. The van der Waals surface area contributed by atoms with Gasteiger partial charge in [-0.05, 0) is 43.0 Å². The van der Waals surface area contributed by atoms with Crippen molar-refractivity contribution >= 4 is 46.9 Å². The Labute approximate surface area is 186 Å². The van der Waals surface area contributed by atoms with Gasteiger partial charge in [-0.1, -0.05) is 31.0 Å². The lowest BCUT2D eigenvalue weighted by atomic mass is 9.89. The molecule has 3 heterocycles. The van der Waals surface area contributed by atoms with Crippen LogP contribution in [0.15, 0.2) is 28.7 Å². The standard InChI is InChI=1S/C22H26ClN3O3S/c1-4-5-10-25-21-19(15-9-11-24(14(3)27)12-18(15)30-21)20(28)26(22(25)29)17-8-6-7-16(23)13(17)2/h6-8,19,21H,4-5,9-12H2,1-3H3. The van der Waals surface area contributed by atoms with Crippen LogP contribution in [0.25, 0.3) is 0 Å². The lowest BCUT2D eigenvalue weighted by Crippen LogP contribution is -2.60. The molecule has 0 N–H and O–H groups in total. The van der Waals surface area contributed by atoms with E-state index in [1.807, 2.05) is 16.7 Å². The molecule has 3 aliphatic heterocycles. The lowest BCUT2D eigenvalue weighted by molar-refractivity contribution is -0.128. The second-order valence-corrected chi connectivity index (χ2v) is 9.63. The van der Waals surface area contributed by atoms with E-state index in [1.54, 1.807) is 36.9 Å². The molecular weight excluding hydrogens is 422 g/mol. The van der Waals surface area contributed by atoms with Gasteiger partial charge in [-0.2, -0.15) is 0 Å². The number of hydrogen-bond donors (Lipinski definition) is 0. The number of unbranched alkanes of at least 4 members (excludes halogenated alkanes) is 1. The number of rotatable bonds is 4. The smallest absolute Gasteiger partial charge is 0.332 e. The van der Waals surface area contributed by atoms with Crippen LogP contribution in [0.3, 0.4) is 0 Å². The molecule has 30 heavy (non-hydrogen) atoms. The Hall–Kier alpha value is -1.99. The third-order valence-electron chi connectivity index (χ3n) is 6.18. The molecule has 3 aliphatic rings. The van der Waals surface area contributed by atoms with Crippen LogP contribution in [0.2, 0.25) is 5.02 Å². The highest BCUT2D eigenvalue weighted by Gasteiger charge is 2.53. The van der Waals surface area contributed by atoms with Gasteiger partial charge in [0, 0.05) is 29.9 Å². The number of hydrogen-bond acceptors (Lipinski definition) is 4. The number of thioether (sulfide) groups is 1. The van der Waals surface area contributed by atoms with E-state index < -0.39 is 0 Å². The summed E-state index contributed by atoms with van der Waals surface area (Å²) in [7, 11) is 0. The normalized spacial score (nSPS) is 23.8. The van der Waals surface area contributed by atoms with Gasteiger partial charge in [0.2, 0.25) is 11.8 Å². The minimum Gasteiger partial charge on any atom is -0.338 e. The summed E-state index contributed by atoms with van der Waals surface area (Å²) in [6.45, 7) is 7.24. The summed E-state index contributed by atoms with van der Waals surface area (Å²) in [4.78, 5) is 45.1. The number of urea groups is 1. The number of carbonyl (C=O) groups excluding carboxylic acids is 3. The van der Waals surface area contributed by atoms with E-state index in [1.165, 1.54) is 4.90 Å². The van der Waals surface area contributed by atoms with Gasteiger partial charge in [-0.3, -0.25) is 9.59 Å². The van der Waals surface area contributed by atoms with Crippen molar-refractivity contribution in [1.82, 2.24) is 9.80 Å². The van der Waals surface area contributed by atoms with E-state index in [4.69, 9.17) is 11.6 Å². The van der Waals surface area contributed by atoms with E-state index in [0.717, 1.165) is 28.9 Å². The molecular formula is C22H26ClN3O3S. The van der Waals surface area contributed by atoms with Crippen LogP contribution in [-0.4, -0.2) is 52.7 Å². The van der Waals surface area contributed by atoms with E-state index in [-0.39, 0.29) is 29.1 Å². The Morgan fingerprint density at radius 1 is 1.30 bits per heavy atom. The molecule has 1 aromatic carbocycles. The van der Waals surface area contributed by atoms with E-state index >= 15 is 0 Å². The lowest BCUT2D eigenvalue weighted by Gasteiger charge is -2.42. The monoisotopic (exact) mass is 447 g/mol. The van der Waals surface area contributed by atoms with Crippen molar-refractivity contribution < 1.29 is 14.4 Å². The number of amides is 4. The number of imide groups is 1. The molecule has 4 amide bonds. The molecule has 1 aromatic rings. The highest BCUT2D eigenvalue weighted by molar-refractivity contribution is 8.04. The average Bonchev–Trinajstić information content (AvgIpc) is 3.09. The zero-order valence-electron chi connectivity index (χ0n) is 17.5. The molecule has 1 fully saturated rings. The summed E-state index contributed by atoms with van der Waals surface area (Å²) in [5.41, 5.74) is 2.37. The molecule has 0 spiro atoms. The van der Waals surface area contributed by atoms with Gasteiger partial charge in [-0.15, -0.1) is 11.8 Å². The van der Waals surface area contributed by atoms with Gasteiger partial charge in [0.25, 0.3) is 0 Å². The van der Waals surface area contributed by atoms with Crippen molar-refractivity contribution in [2.45, 2.75) is 45.4 Å². The Morgan fingerprint density at radius 2 is 2.07 bits per heavy atom. The molecule has 0 aliphatic carbocycles. The minimum absolute atomic E-state index is 0.0402. The van der Waals surface area contributed by atoms with Crippen molar-refractivity contribution in [3.8, 4) is 0 Å². The molecule has 160 valence electrons. The number of nitrogens with zero attached hydrogens (tertiary/aromatic N) is 3. The summed E-state index contributed by atoms with van der Waals surface area (Å²) in [5.74, 6) is -0.512. The van der Waals surface area contributed by atoms with E-state index in [0.29, 0.717) is 36.8 Å². The molecule has 6 nitrogen and oxygen atoms in total. The minimum atomic E-state index is -0.368. The zero-order chi connectivity index (χ0) is 21.6. The van der Waals surface area contributed by atoms with Gasteiger partial charge in [-0.25, -0.2) is 9.69 Å². The second-order valence-electron chi connectivity index (χ2n) is 8.01. The summed E-state index contributed by atoms with van der Waals surface area (Å²) in [6.07, 6.45) is 2.50. The first-order valence-electron chi connectivity index (χ1n) is 10.4. The molecule has 4 rings (SSSR count). The summed E-state index contributed by atoms with van der Waals surface area (Å²) >= 11 is 7.89. The molecule has 0 aromatic heterocycles. The summed E-state index contributed by atoms with van der Waals surface area (Å²) in [5, 5.41) is 0.301. The van der Waals surface area contributed by atoms with Gasteiger partial charge >= 0.3 is 6.03 Å². The number of halogens is 1. The molecule has 0 saturated carbocycles. The third kappa shape index (κ3) is 3.42. The van der Waals surface area contributed by atoms with Crippen molar-refractivity contribution in [2.24, 2.45) is 5.92 Å². The molecule has 1 saturated heterocycles. The summed E-state index contributed by atoms with van der Waals surface area (Å²) < 4.78 is 0. The fourth-order valence-corrected chi connectivity index (χ4v) is 6.25. The highest BCUT2D eigenvalue weighted by atomic mass is 35.5. The van der Waals surface area contributed by atoms with Crippen LogP contribution < -0.4 is 4.90 Å². The van der Waals surface area contributed by atoms with Gasteiger partial charge < -0.3 is 9.80 Å². The molecule has 0 radical (unpaired) electrons. The van der Waals surface area contributed by atoms with Crippen molar-refractivity contribution in [2.75, 3.05) is 24.5 Å². The van der Waals surface area contributed by atoms with Crippen molar-refractivity contribution in [3.63, 3.8) is 0 Å². The number of benzene rings is 1. The Morgan fingerprint density at radius 3 is 2.77 bits per heavy atom. The highest BCUT2D eigenvalue weighted by Crippen LogP contribution is 2.50. The maximum Gasteiger partial charge on any atom is 0.332 e. The molecule has 8 heteroatoms. The topological polar surface area (TPSA) is 60.9 Å². The van der Waals surface area contributed by atoms with Crippen LogP contribution in [-0.2, 0) is 9.59 Å². The Balaban J connectivity index is 1.75. The molecule has 2 unspecified atom stereocenters. The molecule has 2 atom stereocenters. The van der Waals surface area contributed by atoms with Gasteiger partial charge in [0.1, 0.15) is 0 Å². The fraction of sp³-hybridized carbons (Fsp3) is 0.500. The third-order valence-corrected chi connectivity index (χ3v) is 8.03. The molecule has 0 bridgehead atoms. The average molecular weight is 448 g/mol. The van der Waals surface area contributed by atoms with Crippen molar-refractivity contribution in [1.29, 1.82) is 0 Å². The first-order chi connectivity index (χ1) is 14.3.